The normalized spacial score (nSPS) is 17.5. The van der Waals surface area contributed by atoms with E-state index in [4.69, 9.17) is 9.47 Å². The highest BCUT2D eigenvalue weighted by molar-refractivity contribution is 7.93. The topological polar surface area (TPSA) is 136 Å². The van der Waals surface area contributed by atoms with Crippen molar-refractivity contribution < 1.29 is 41.1 Å². The Morgan fingerprint density at radius 3 is 2.48 bits per heavy atom. The lowest BCUT2D eigenvalue weighted by Crippen LogP contribution is -2.57. The van der Waals surface area contributed by atoms with E-state index in [-0.39, 0.29) is 30.0 Å². The van der Waals surface area contributed by atoms with Crippen LogP contribution < -0.4 is 20.8 Å². The van der Waals surface area contributed by atoms with Gasteiger partial charge in [0.2, 0.25) is 0 Å². The second-order valence-corrected chi connectivity index (χ2v) is 12.1. The van der Waals surface area contributed by atoms with E-state index in [2.05, 4.69) is 10.6 Å². The number of halogens is 3. The Morgan fingerprint density at radius 1 is 1.12 bits per heavy atom. The zero-order valence-electron chi connectivity index (χ0n) is 22.9. The average molecular weight is 615 g/mol. The number of hydrazine groups is 2. The predicted octanol–water partition coefficient (Wildman–Crippen LogP) is 2.42. The van der Waals surface area contributed by atoms with Gasteiger partial charge in [0, 0.05) is 33.2 Å². The third-order valence-corrected chi connectivity index (χ3v) is 9.72. The third-order valence-electron chi connectivity index (χ3n) is 7.20. The summed E-state index contributed by atoms with van der Waals surface area (Å²) in [6, 6.07) is 10.6. The molecule has 1 saturated heterocycles. The molecule has 2 aliphatic heterocycles. The van der Waals surface area contributed by atoms with Crippen molar-refractivity contribution in [2.24, 2.45) is 5.10 Å². The molecular weight excluding hydrogens is 581 g/mol. The van der Waals surface area contributed by atoms with Crippen molar-refractivity contribution in [1.29, 1.82) is 0 Å². The van der Waals surface area contributed by atoms with Gasteiger partial charge in [-0.3, -0.25) is 10.0 Å². The number of carbonyl (C=O) groups excluding carboxylic acids is 1. The number of anilines is 1. The van der Waals surface area contributed by atoms with E-state index < -0.39 is 32.2 Å². The molecule has 2 aromatic rings. The number of likely N-dealkylation sites (tertiary alicyclic amines) is 1. The molecular formula is C26H33F3N6O6S. The molecule has 4 rings (SSSR count). The summed E-state index contributed by atoms with van der Waals surface area (Å²) >= 11 is 0. The van der Waals surface area contributed by atoms with Gasteiger partial charge in [0.15, 0.2) is 14.6 Å². The number of rotatable bonds is 12. The average Bonchev–Trinajstić information content (AvgIpc) is 3.47. The van der Waals surface area contributed by atoms with E-state index in [1.54, 1.807) is 12.6 Å². The molecule has 0 radical (unpaired) electrons. The van der Waals surface area contributed by atoms with Crippen LogP contribution in [0.2, 0.25) is 0 Å². The van der Waals surface area contributed by atoms with Gasteiger partial charge in [0.1, 0.15) is 12.1 Å². The summed E-state index contributed by atoms with van der Waals surface area (Å²) in [7, 11) is -2.58. The maximum Gasteiger partial charge on any atom is 0.416 e. The van der Waals surface area contributed by atoms with Crippen LogP contribution in [0.25, 0.3) is 0 Å². The molecule has 2 aliphatic rings. The largest absolute Gasteiger partial charge is 0.494 e. The monoisotopic (exact) mass is 614 g/mol. The van der Waals surface area contributed by atoms with Crippen LogP contribution in [0.15, 0.2) is 58.5 Å². The van der Waals surface area contributed by atoms with Crippen LogP contribution in [0, 0.1) is 0 Å². The first-order valence-corrected chi connectivity index (χ1v) is 14.7. The first-order chi connectivity index (χ1) is 20.0. The molecule has 0 unspecified atom stereocenters. The van der Waals surface area contributed by atoms with E-state index in [0.717, 1.165) is 12.1 Å². The summed E-state index contributed by atoms with van der Waals surface area (Å²) in [5.41, 5.74) is 3.92. The van der Waals surface area contributed by atoms with E-state index in [1.807, 2.05) is 4.90 Å². The number of amides is 1. The highest BCUT2D eigenvalue weighted by Crippen LogP contribution is 2.36. The summed E-state index contributed by atoms with van der Waals surface area (Å²) in [6.45, 7) is 2.41. The summed E-state index contributed by atoms with van der Waals surface area (Å²) < 4.78 is 75.2. The molecule has 3 N–H and O–H groups in total. The van der Waals surface area contributed by atoms with Gasteiger partial charge in [-0.25, -0.2) is 24.0 Å². The van der Waals surface area contributed by atoms with Crippen molar-refractivity contribution in [2.45, 2.75) is 35.1 Å². The lowest BCUT2D eigenvalue weighted by molar-refractivity contribution is -0.137. The molecule has 0 atom stereocenters. The van der Waals surface area contributed by atoms with Crippen molar-refractivity contribution in [3.8, 4) is 5.75 Å². The maximum atomic E-state index is 13.6. The van der Waals surface area contributed by atoms with Gasteiger partial charge >= 0.3 is 6.18 Å². The van der Waals surface area contributed by atoms with E-state index in [9.17, 15) is 31.6 Å². The molecule has 12 nitrogen and oxygen atoms in total. The second kappa shape index (κ2) is 13.2. The number of nitrogens with zero attached hydrogens (tertiary/aromatic N) is 4. The van der Waals surface area contributed by atoms with Crippen LogP contribution >= 0.6 is 0 Å². The number of methoxy groups -OCH3 is 1. The molecule has 2 aromatic carbocycles. The van der Waals surface area contributed by atoms with Crippen LogP contribution in [-0.2, 0) is 25.5 Å². The van der Waals surface area contributed by atoms with Gasteiger partial charge < -0.3 is 14.4 Å². The Labute approximate surface area is 241 Å². The van der Waals surface area contributed by atoms with Crippen LogP contribution in [0.4, 0.5) is 18.9 Å². The quantitative estimate of drug-likeness (QED) is 0.186. The number of hydrazone groups is 1. The SMILES string of the molecule is COCCN1CCC(C(=O)NO)(S(=O)(=O)c2ccc(OCCCN3N=CN(c4cccc(C(F)(F)F)c4)N3)cc2)CC1. The number of carbonyl (C=O) groups is 1. The second-order valence-electron chi connectivity index (χ2n) is 9.82. The number of nitrogens with one attached hydrogen (secondary N) is 2. The Morgan fingerprint density at radius 2 is 1.83 bits per heavy atom. The standard InChI is InChI=1S/C26H33F3N6O6S/c1-40-17-15-33-13-10-25(11-14-33,24(36)31-37)42(38,39)23-8-6-22(7-9-23)41-16-3-12-35-30-19-34(32-35)21-5-2-4-20(18-21)26(27,28)29/h2,4-9,18-19,32,37H,3,10-17H2,1H3,(H,31,36). The lowest BCUT2D eigenvalue weighted by Gasteiger charge is -2.39. The summed E-state index contributed by atoms with van der Waals surface area (Å²) in [5, 5.41) is 16.3. The molecule has 230 valence electrons. The molecule has 0 aromatic heterocycles. The fourth-order valence-electron chi connectivity index (χ4n) is 4.78. The molecule has 0 bridgehead atoms. The Bertz CT molecular complexity index is 1350. The van der Waals surface area contributed by atoms with Gasteiger partial charge in [0.05, 0.1) is 35.9 Å². The predicted molar refractivity (Wildman–Crippen MR) is 146 cm³/mol. The smallest absolute Gasteiger partial charge is 0.416 e. The summed E-state index contributed by atoms with van der Waals surface area (Å²) in [5.74, 6) is -0.550. The molecule has 0 saturated carbocycles. The van der Waals surface area contributed by atoms with Gasteiger partial charge in [0.25, 0.3) is 5.91 Å². The highest BCUT2D eigenvalue weighted by Gasteiger charge is 2.52. The van der Waals surface area contributed by atoms with Crippen LogP contribution in [0.1, 0.15) is 24.8 Å². The van der Waals surface area contributed by atoms with Crippen LogP contribution in [0.5, 0.6) is 5.75 Å². The number of hydrogen-bond acceptors (Lipinski definition) is 11. The van der Waals surface area contributed by atoms with Crippen molar-refractivity contribution in [1.82, 2.24) is 21.0 Å². The van der Waals surface area contributed by atoms with Gasteiger partial charge in [-0.1, -0.05) is 6.07 Å². The first-order valence-electron chi connectivity index (χ1n) is 13.2. The van der Waals surface area contributed by atoms with Gasteiger partial charge in [-0.15, -0.1) is 10.6 Å². The number of benzene rings is 2. The number of sulfone groups is 1. The van der Waals surface area contributed by atoms with E-state index in [0.29, 0.717) is 45.0 Å². The summed E-state index contributed by atoms with van der Waals surface area (Å²) in [4.78, 5) is 14.6. The van der Waals surface area contributed by atoms with Crippen molar-refractivity contribution in [2.75, 3.05) is 51.5 Å². The van der Waals surface area contributed by atoms with Crippen molar-refractivity contribution in [3.05, 3.63) is 54.1 Å². The van der Waals surface area contributed by atoms with Crippen LogP contribution in [-0.4, -0.2) is 87.1 Å². The molecule has 1 fully saturated rings. The number of hydrogen-bond donors (Lipinski definition) is 3. The van der Waals surface area contributed by atoms with Gasteiger partial charge in [-0.05, 0) is 55.3 Å². The number of piperidine rings is 1. The molecule has 1 amide bonds. The number of ether oxygens (including phenoxy) is 2. The molecule has 42 heavy (non-hydrogen) atoms. The fraction of sp³-hybridized carbons (Fsp3) is 0.462. The zero-order chi connectivity index (χ0) is 30.4. The number of alkyl halides is 3. The van der Waals surface area contributed by atoms with E-state index >= 15 is 0 Å². The minimum absolute atomic E-state index is 0.0158. The summed E-state index contributed by atoms with van der Waals surface area (Å²) in [6.07, 6.45) is -2.57. The van der Waals surface area contributed by atoms with Crippen LogP contribution in [0.3, 0.4) is 0 Å². The number of hydroxylamine groups is 1. The Kier molecular flexibility index (Phi) is 9.93. The minimum Gasteiger partial charge on any atom is -0.494 e. The fourth-order valence-corrected chi connectivity index (χ4v) is 6.73. The van der Waals surface area contributed by atoms with Gasteiger partial charge in [-0.2, -0.15) is 13.2 Å². The van der Waals surface area contributed by atoms with Crippen molar-refractivity contribution >= 4 is 27.8 Å². The van der Waals surface area contributed by atoms with Crippen molar-refractivity contribution in [3.63, 3.8) is 0 Å². The van der Waals surface area contributed by atoms with E-state index in [1.165, 1.54) is 52.9 Å². The molecule has 16 heteroatoms. The molecule has 0 spiro atoms. The maximum absolute atomic E-state index is 13.6. The minimum atomic E-state index is -4.45. The third kappa shape index (κ3) is 6.95. The molecule has 0 aliphatic carbocycles. The Balaban J connectivity index is 1.29. The zero-order valence-corrected chi connectivity index (χ0v) is 23.7. The highest BCUT2D eigenvalue weighted by atomic mass is 32.2. The first kappa shape index (κ1) is 31.5. The lowest BCUT2D eigenvalue weighted by atomic mass is 9.95. The molecule has 2 heterocycles. The Hall–Kier alpha value is -3.44.